The molecule has 0 saturated heterocycles. The lowest BCUT2D eigenvalue weighted by Crippen LogP contribution is -2.04. The number of aryl methyl sites for hydroxylation is 1. The second kappa shape index (κ2) is 8.76. The Labute approximate surface area is 181 Å². The van der Waals surface area contributed by atoms with Crippen molar-refractivity contribution in [2.24, 2.45) is 0 Å². The van der Waals surface area contributed by atoms with E-state index in [4.69, 9.17) is 9.47 Å². The van der Waals surface area contributed by atoms with Crippen molar-refractivity contribution in [1.29, 1.82) is 5.26 Å². The van der Waals surface area contributed by atoms with E-state index in [2.05, 4.69) is 6.07 Å². The van der Waals surface area contributed by atoms with Gasteiger partial charge in [-0.05, 0) is 61.4 Å². The van der Waals surface area contributed by atoms with Crippen LogP contribution >= 0.6 is 0 Å². The molecule has 0 amide bonds. The minimum atomic E-state index is -0.347. The molecule has 0 aliphatic heterocycles. The smallest absolute Gasteiger partial charge is 0.338 e. The van der Waals surface area contributed by atoms with Crippen molar-refractivity contribution in [1.82, 2.24) is 4.57 Å². The van der Waals surface area contributed by atoms with Crippen LogP contribution in [-0.4, -0.2) is 17.1 Å². The number of esters is 1. The molecule has 4 aromatic rings. The number of benzene rings is 3. The van der Waals surface area contributed by atoms with Gasteiger partial charge in [-0.1, -0.05) is 30.3 Å². The minimum Gasteiger partial charge on any atom is -0.489 e. The van der Waals surface area contributed by atoms with Crippen molar-refractivity contribution < 1.29 is 14.3 Å². The number of hydrogen-bond donors (Lipinski definition) is 0. The molecule has 1 heterocycles. The maximum Gasteiger partial charge on any atom is 0.338 e. The Morgan fingerprint density at radius 1 is 1.06 bits per heavy atom. The van der Waals surface area contributed by atoms with E-state index in [0.29, 0.717) is 24.3 Å². The van der Waals surface area contributed by atoms with E-state index in [-0.39, 0.29) is 5.97 Å². The monoisotopic (exact) mass is 410 g/mol. The lowest BCUT2D eigenvalue weighted by Gasteiger charge is -2.11. The standard InChI is InChI=1S/C26H22N2O3/c1-3-30-26(29)20-9-11-22(12-10-20)28-16-21(15-27)23-14-25(18(2)13-24(23)28)31-17-19-7-5-4-6-8-19/h4-14,16H,3,17H2,1-2H3. The van der Waals surface area contributed by atoms with Crippen LogP contribution in [0, 0.1) is 18.3 Å². The average Bonchev–Trinajstić information content (AvgIpc) is 3.15. The normalized spacial score (nSPS) is 10.6. The molecule has 0 radical (unpaired) electrons. The molecular formula is C26H22N2O3. The molecule has 5 heteroatoms. The molecule has 0 aliphatic rings. The van der Waals surface area contributed by atoms with Crippen molar-refractivity contribution in [2.75, 3.05) is 6.61 Å². The van der Waals surface area contributed by atoms with E-state index in [9.17, 15) is 10.1 Å². The summed E-state index contributed by atoms with van der Waals surface area (Å²) < 4.78 is 13.0. The maximum absolute atomic E-state index is 11.9. The first-order chi connectivity index (χ1) is 15.1. The molecule has 5 nitrogen and oxygen atoms in total. The van der Waals surface area contributed by atoms with Crippen LogP contribution in [0.3, 0.4) is 0 Å². The van der Waals surface area contributed by atoms with Crippen molar-refractivity contribution in [3.05, 3.63) is 95.2 Å². The van der Waals surface area contributed by atoms with E-state index >= 15 is 0 Å². The Morgan fingerprint density at radius 2 is 1.81 bits per heavy atom. The van der Waals surface area contributed by atoms with Gasteiger partial charge in [0.25, 0.3) is 0 Å². The van der Waals surface area contributed by atoms with Crippen molar-refractivity contribution in [2.45, 2.75) is 20.5 Å². The fraction of sp³-hybridized carbons (Fsp3) is 0.154. The summed E-state index contributed by atoms with van der Waals surface area (Å²) in [6, 6.07) is 23.4. The van der Waals surface area contributed by atoms with Gasteiger partial charge in [0, 0.05) is 17.3 Å². The Hall–Kier alpha value is -4.04. The van der Waals surface area contributed by atoms with Crippen molar-refractivity contribution in [3.8, 4) is 17.5 Å². The summed E-state index contributed by atoms with van der Waals surface area (Å²) in [5.74, 6) is 0.406. The first-order valence-electron chi connectivity index (χ1n) is 10.1. The van der Waals surface area contributed by atoms with Crippen LogP contribution in [0.5, 0.6) is 5.75 Å². The predicted octanol–water partition coefficient (Wildman–Crippen LogP) is 5.57. The van der Waals surface area contributed by atoms with E-state index in [0.717, 1.165) is 33.5 Å². The number of nitrogens with zero attached hydrogens (tertiary/aromatic N) is 2. The molecule has 31 heavy (non-hydrogen) atoms. The number of rotatable bonds is 6. The fourth-order valence-corrected chi connectivity index (χ4v) is 3.52. The van der Waals surface area contributed by atoms with E-state index < -0.39 is 0 Å². The highest BCUT2D eigenvalue weighted by molar-refractivity contribution is 5.91. The lowest BCUT2D eigenvalue weighted by molar-refractivity contribution is 0.0526. The summed E-state index contributed by atoms with van der Waals surface area (Å²) in [4.78, 5) is 11.9. The van der Waals surface area contributed by atoms with E-state index in [1.165, 1.54) is 0 Å². The van der Waals surface area contributed by atoms with Crippen LogP contribution in [0.4, 0.5) is 0 Å². The molecule has 0 atom stereocenters. The Balaban J connectivity index is 1.69. The molecule has 0 spiro atoms. The minimum absolute atomic E-state index is 0.336. The zero-order valence-corrected chi connectivity index (χ0v) is 17.5. The number of nitriles is 1. The van der Waals surface area contributed by atoms with Crippen LogP contribution in [-0.2, 0) is 11.3 Å². The van der Waals surface area contributed by atoms with Gasteiger partial charge >= 0.3 is 5.97 Å². The predicted molar refractivity (Wildman–Crippen MR) is 119 cm³/mol. The number of fused-ring (bicyclic) bond motifs is 1. The topological polar surface area (TPSA) is 64.2 Å². The molecule has 3 aromatic carbocycles. The number of aromatic nitrogens is 1. The van der Waals surface area contributed by atoms with Gasteiger partial charge in [-0.15, -0.1) is 0 Å². The first kappa shape index (κ1) is 20.2. The van der Waals surface area contributed by atoms with Gasteiger partial charge in [-0.25, -0.2) is 4.79 Å². The van der Waals surface area contributed by atoms with Crippen molar-refractivity contribution >= 4 is 16.9 Å². The number of ether oxygens (including phenoxy) is 2. The lowest BCUT2D eigenvalue weighted by atomic mass is 10.1. The van der Waals surface area contributed by atoms with Crippen LogP contribution in [0.2, 0.25) is 0 Å². The van der Waals surface area contributed by atoms with Crippen LogP contribution in [0.1, 0.15) is 34.0 Å². The zero-order valence-electron chi connectivity index (χ0n) is 17.5. The molecule has 0 fully saturated rings. The second-order valence-corrected chi connectivity index (χ2v) is 7.20. The number of carbonyl (C=O) groups is 1. The molecule has 0 N–H and O–H groups in total. The number of hydrogen-bond acceptors (Lipinski definition) is 4. The van der Waals surface area contributed by atoms with Crippen LogP contribution < -0.4 is 4.74 Å². The second-order valence-electron chi connectivity index (χ2n) is 7.20. The quantitative estimate of drug-likeness (QED) is 0.390. The Morgan fingerprint density at radius 3 is 2.48 bits per heavy atom. The van der Waals surface area contributed by atoms with Gasteiger partial charge < -0.3 is 14.0 Å². The van der Waals surface area contributed by atoms with Crippen molar-refractivity contribution in [3.63, 3.8) is 0 Å². The molecule has 4 rings (SSSR count). The Bertz CT molecular complexity index is 1270. The summed E-state index contributed by atoms with van der Waals surface area (Å²) in [6.07, 6.45) is 1.81. The number of carbonyl (C=O) groups excluding carboxylic acids is 1. The fourth-order valence-electron chi connectivity index (χ4n) is 3.52. The molecule has 1 aromatic heterocycles. The molecular weight excluding hydrogens is 388 g/mol. The third kappa shape index (κ3) is 4.15. The van der Waals surface area contributed by atoms with Gasteiger partial charge in [0.15, 0.2) is 0 Å². The molecule has 0 bridgehead atoms. The molecule has 0 saturated carbocycles. The highest BCUT2D eigenvalue weighted by Crippen LogP contribution is 2.31. The molecule has 0 unspecified atom stereocenters. The zero-order chi connectivity index (χ0) is 21.8. The summed E-state index contributed by atoms with van der Waals surface area (Å²) in [6.45, 7) is 4.57. The Kier molecular flexibility index (Phi) is 5.72. The summed E-state index contributed by atoms with van der Waals surface area (Å²) in [5, 5.41) is 10.5. The van der Waals surface area contributed by atoms with Gasteiger partial charge in [-0.2, -0.15) is 5.26 Å². The summed E-state index contributed by atoms with van der Waals surface area (Å²) in [5.41, 5.74) is 4.89. The third-order valence-electron chi connectivity index (χ3n) is 5.12. The average molecular weight is 410 g/mol. The van der Waals surface area contributed by atoms with Crippen LogP contribution in [0.15, 0.2) is 72.9 Å². The molecule has 0 aliphatic carbocycles. The highest BCUT2D eigenvalue weighted by Gasteiger charge is 2.14. The maximum atomic E-state index is 11.9. The summed E-state index contributed by atoms with van der Waals surface area (Å²) >= 11 is 0. The first-order valence-corrected chi connectivity index (χ1v) is 10.1. The summed E-state index contributed by atoms with van der Waals surface area (Å²) in [7, 11) is 0. The van der Waals surface area contributed by atoms with E-state index in [1.807, 2.05) is 72.3 Å². The van der Waals surface area contributed by atoms with Gasteiger partial charge in [-0.3, -0.25) is 0 Å². The van der Waals surface area contributed by atoms with Crippen LogP contribution in [0.25, 0.3) is 16.6 Å². The van der Waals surface area contributed by atoms with Gasteiger partial charge in [0.05, 0.1) is 23.3 Å². The third-order valence-corrected chi connectivity index (χ3v) is 5.12. The molecule has 154 valence electrons. The largest absolute Gasteiger partial charge is 0.489 e. The van der Waals surface area contributed by atoms with Gasteiger partial charge in [0.1, 0.15) is 18.4 Å². The van der Waals surface area contributed by atoms with E-state index in [1.54, 1.807) is 19.1 Å². The van der Waals surface area contributed by atoms with Gasteiger partial charge in [0.2, 0.25) is 0 Å². The SMILES string of the molecule is CCOC(=O)c1ccc(-n2cc(C#N)c3cc(OCc4ccccc4)c(C)cc32)cc1. The highest BCUT2D eigenvalue weighted by atomic mass is 16.5.